The van der Waals surface area contributed by atoms with Crippen LogP contribution in [0.1, 0.15) is 35.3 Å². The van der Waals surface area contributed by atoms with E-state index in [2.05, 4.69) is 15.5 Å². The van der Waals surface area contributed by atoms with Gasteiger partial charge in [-0.2, -0.15) is 10.2 Å². The highest BCUT2D eigenvalue weighted by Gasteiger charge is 2.12. The summed E-state index contributed by atoms with van der Waals surface area (Å²) in [4.78, 5) is 23.0. The molecule has 186 valence electrons. The lowest BCUT2D eigenvalue weighted by Gasteiger charge is -2.12. The molecule has 1 amide bonds. The van der Waals surface area contributed by atoms with E-state index in [-0.39, 0.29) is 11.6 Å². The second-order valence-electron chi connectivity index (χ2n) is 7.88. The Labute approximate surface area is 207 Å². The lowest BCUT2D eigenvalue weighted by Crippen LogP contribution is -2.11. The smallest absolute Gasteiger partial charge is 0.307 e. The van der Waals surface area contributed by atoms with Crippen molar-refractivity contribution in [3.05, 3.63) is 94.1 Å². The van der Waals surface area contributed by atoms with Crippen molar-refractivity contribution in [1.82, 2.24) is 19.6 Å². The van der Waals surface area contributed by atoms with Gasteiger partial charge in [0.1, 0.15) is 12.4 Å². The van der Waals surface area contributed by atoms with Crippen LogP contribution in [0.3, 0.4) is 0 Å². The third kappa shape index (κ3) is 6.06. The highest BCUT2D eigenvalue weighted by Crippen LogP contribution is 2.29. The second-order valence-corrected chi connectivity index (χ2v) is 7.88. The summed E-state index contributed by atoms with van der Waals surface area (Å²) in [5.74, 6) is 1.12. The summed E-state index contributed by atoms with van der Waals surface area (Å²) in [5, 5.41) is 22.0. The fourth-order valence-electron chi connectivity index (χ4n) is 3.58. The molecule has 0 spiro atoms. The summed E-state index contributed by atoms with van der Waals surface area (Å²) < 4.78 is 14.5. The van der Waals surface area contributed by atoms with Crippen molar-refractivity contribution in [1.29, 1.82) is 0 Å². The van der Waals surface area contributed by atoms with Gasteiger partial charge in [0.2, 0.25) is 0 Å². The summed E-state index contributed by atoms with van der Waals surface area (Å²) in [5.41, 5.74) is 2.83. The molecule has 4 aromatic rings. The molecule has 0 aliphatic carbocycles. The molecule has 2 heterocycles. The molecule has 0 radical (unpaired) electrons. The van der Waals surface area contributed by atoms with Crippen LogP contribution in [0, 0.1) is 10.1 Å². The van der Waals surface area contributed by atoms with Crippen LogP contribution in [-0.2, 0) is 13.1 Å². The zero-order valence-electron chi connectivity index (χ0n) is 20.0. The maximum Gasteiger partial charge on any atom is 0.307 e. The number of rotatable bonds is 11. The minimum atomic E-state index is -0.491. The SMILES string of the molecule is CCOc1ccc(Cn2cc(NC(=O)c3ccc(Cn4cc([N+](=O)[O-])cn4)cc3)cn2)cc1OCC. The van der Waals surface area contributed by atoms with Gasteiger partial charge in [0.05, 0.1) is 43.1 Å². The molecule has 2 aromatic heterocycles. The van der Waals surface area contributed by atoms with Gasteiger partial charge >= 0.3 is 5.69 Å². The number of ether oxygens (including phenoxy) is 2. The molecule has 0 fully saturated rings. The van der Waals surface area contributed by atoms with Crippen LogP contribution < -0.4 is 14.8 Å². The minimum Gasteiger partial charge on any atom is -0.490 e. The number of carbonyl (C=O) groups excluding carboxylic acids is 1. The van der Waals surface area contributed by atoms with Gasteiger partial charge in [-0.3, -0.25) is 24.3 Å². The van der Waals surface area contributed by atoms with E-state index in [1.54, 1.807) is 41.3 Å². The summed E-state index contributed by atoms with van der Waals surface area (Å²) in [7, 11) is 0. The number of amides is 1. The van der Waals surface area contributed by atoms with E-state index in [9.17, 15) is 14.9 Å². The maximum atomic E-state index is 12.7. The van der Waals surface area contributed by atoms with Crippen LogP contribution in [0.15, 0.2) is 67.3 Å². The predicted molar refractivity (Wildman–Crippen MR) is 132 cm³/mol. The molecule has 0 aliphatic heterocycles. The largest absolute Gasteiger partial charge is 0.490 e. The number of anilines is 1. The average molecular weight is 491 g/mol. The zero-order valence-corrected chi connectivity index (χ0v) is 20.0. The first-order valence-electron chi connectivity index (χ1n) is 11.4. The molecule has 4 rings (SSSR count). The van der Waals surface area contributed by atoms with Crippen molar-refractivity contribution in [3.8, 4) is 11.5 Å². The van der Waals surface area contributed by atoms with Gasteiger partial charge in [-0.1, -0.05) is 18.2 Å². The summed E-state index contributed by atoms with van der Waals surface area (Å²) in [6.07, 6.45) is 5.92. The summed E-state index contributed by atoms with van der Waals surface area (Å²) >= 11 is 0. The van der Waals surface area contributed by atoms with Gasteiger partial charge in [0.25, 0.3) is 5.91 Å². The molecule has 0 bridgehead atoms. The number of benzene rings is 2. The standard InChI is InChI=1S/C25H26N6O5/c1-3-35-23-10-7-19(11-24(23)36-4-2)15-29-16-21(12-26-29)28-25(32)20-8-5-18(6-9-20)14-30-17-22(13-27-30)31(33)34/h5-13,16-17H,3-4,14-15H2,1-2H3,(H,28,32). The van der Waals surface area contributed by atoms with Crippen molar-refractivity contribution in [2.24, 2.45) is 0 Å². The lowest BCUT2D eigenvalue weighted by atomic mass is 10.1. The number of carbonyl (C=O) groups is 1. The lowest BCUT2D eigenvalue weighted by molar-refractivity contribution is -0.385. The topological polar surface area (TPSA) is 126 Å². The fraction of sp³-hybridized carbons (Fsp3) is 0.240. The highest BCUT2D eigenvalue weighted by molar-refractivity contribution is 6.04. The number of nitrogens with one attached hydrogen (secondary N) is 1. The van der Waals surface area contributed by atoms with E-state index in [0.29, 0.717) is 49.1 Å². The van der Waals surface area contributed by atoms with Crippen LogP contribution in [0.4, 0.5) is 11.4 Å². The molecular formula is C25H26N6O5. The number of nitro groups is 1. The number of aromatic nitrogens is 4. The third-order valence-corrected chi connectivity index (χ3v) is 5.23. The van der Waals surface area contributed by atoms with E-state index in [1.165, 1.54) is 17.1 Å². The molecule has 0 unspecified atom stereocenters. The molecule has 0 aliphatic rings. The molecule has 36 heavy (non-hydrogen) atoms. The van der Waals surface area contributed by atoms with E-state index in [0.717, 1.165) is 11.1 Å². The Kier molecular flexibility index (Phi) is 7.59. The van der Waals surface area contributed by atoms with Crippen LogP contribution in [0.2, 0.25) is 0 Å². The Balaban J connectivity index is 1.36. The first-order valence-corrected chi connectivity index (χ1v) is 11.4. The Morgan fingerprint density at radius 2 is 1.56 bits per heavy atom. The molecule has 0 saturated heterocycles. The Morgan fingerprint density at radius 3 is 2.25 bits per heavy atom. The van der Waals surface area contributed by atoms with Crippen molar-refractivity contribution in [3.63, 3.8) is 0 Å². The minimum absolute atomic E-state index is 0.0659. The maximum absolute atomic E-state index is 12.7. The summed E-state index contributed by atoms with van der Waals surface area (Å²) in [6.45, 7) is 5.80. The van der Waals surface area contributed by atoms with Crippen LogP contribution in [0.25, 0.3) is 0 Å². The van der Waals surface area contributed by atoms with Crippen LogP contribution in [-0.4, -0.2) is 43.6 Å². The zero-order chi connectivity index (χ0) is 25.5. The Morgan fingerprint density at radius 1 is 0.917 bits per heavy atom. The normalized spacial score (nSPS) is 10.7. The van der Waals surface area contributed by atoms with Crippen molar-refractivity contribution in [2.45, 2.75) is 26.9 Å². The second kappa shape index (κ2) is 11.2. The van der Waals surface area contributed by atoms with Crippen molar-refractivity contribution >= 4 is 17.3 Å². The van der Waals surface area contributed by atoms with E-state index < -0.39 is 4.92 Å². The fourth-order valence-corrected chi connectivity index (χ4v) is 3.58. The van der Waals surface area contributed by atoms with Crippen LogP contribution in [0.5, 0.6) is 11.5 Å². The van der Waals surface area contributed by atoms with Gasteiger partial charge in [0.15, 0.2) is 11.5 Å². The number of nitrogens with zero attached hydrogens (tertiary/aromatic N) is 5. The Hall–Kier alpha value is -4.67. The quantitative estimate of drug-likeness (QED) is 0.247. The van der Waals surface area contributed by atoms with Gasteiger partial charge in [0, 0.05) is 11.8 Å². The van der Waals surface area contributed by atoms with E-state index in [1.807, 2.05) is 32.0 Å². The van der Waals surface area contributed by atoms with Crippen molar-refractivity contribution < 1.29 is 19.2 Å². The van der Waals surface area contributed by atoms with Gasteiger partial charge in [-0.05, 0) is 49.2 Å². The molecule has 1 N–H and O–H groups in total. The van der Waals surface area contributed by atoms with Crippen molar-refractivity contribution in [2.75, 3.05) is 18.5 Å². The highest BCUT2D eigenvalue weighted by atomic mass is 16.6. The predicted octanol–water partition coefficient (Wildman–Crippen LogP) is 4.13. The molecular weight excluding hydrogens is 464 g/mol. The molecule has 11 heteroatoms. The Bertz CT molecular complexity index is 1350. The average Bonchev–Trinajstić information content (AvgIpc) is 3.51. The number of hydrogen-bond donors (Lipinski definition) is 1. The number of hydrogen-bond acceptors (Lipinski definition) is 7. The first-order chi connectivity index (χ1) is 17.4. The first kappa shape index (κ1) is 24.5. The van der Waals surface area contributed by atoms with Gasteiger partial charge < -0.3 is 14.8 Å². The van der Waals surface area contributed by atoms with E-state index in [4.69, 9.17) is 9.47 Å². The molecule has 0 atom stereocenters. The van der Waals surface area contributed by atoms with Gasteiger partial charge in [-0.15, -0.1) is 0 Å². The molecule has 0 saturated carbocycles. The van der Waals surface area contributed by atoms with Crippen LogP contribution >= 0.6 is 0 Å². The van der Waals surface area contributed by atoms with E-state index >= 15 is 0 Å². The monoisotopic (exact) mass is 490 g/mol. The summed E-state index contributed by atoms with van der Waals surface area (Å²) in [6, 6.07) is 12.7. The molecule has 2 aromatic carbocycles. The van der Waals surface area contributed by atoms with Gasteiger partial charge in [-0.25, -0.2) is 0 Å². The third-order valence-electron chi connectivity index (χ3n) is 5.23. The molecule has 11 nitrogen and oxygen atoms in total.